The molecular formula is C12H13NO4. The smallest absolute Gasteiger partial charge is 0.339 e. The Morgan fingerprint density at radius 3 is 2.71 bits per heavy atom. The van der Waals surface area contributed by atoms with Gasteiger partial charge in [-0.3, -0.25) is 4.79 Å². The van der Waals surface area contributed by atoms with Gasteiger partial charge in [0.1, 0.15) is 11.3 Å². The van der Waals surface area contributed by atoms with Crippen molar-refractivity contribution in [3.05, 3.63) is 35.4 Å². The summed E-state index contributed by atoms with van der Waals surface area (Å²) in [5.74, 6) is -1.25. The molecule has 17 heavy (non-hydrogen) atoms. The van der Waals surface area contributed by atoms with Crippen molar-refractivity contribution in [2.75, 3.05) is 7.11 Å². The molecular weight excluding hydrogens is 222 g/mol. The molecule has 1 amide bonds. The first-order valence-electron chi connectivity index (χ1n) is 4.91. The van der Waals surface area contributed by atoms with E-state index in [1.165, 1.54) is 13.2 Å². The highest BCUT2D eigenvalue weighted by atomic mass is 16.5. The first-order chi connectivity index (χ1) is 8.06. The van der Waals surface area contributed by atoms with Crippen LogP contribution in [-0.4, -0.2) is 24.1 Å². The van der Waals surface area contributed by atoms with Crippen LogP contribution in [-0.2, 0) is 4.79 Å². The van der Waals surface area contributed by atoms with Crippen molar-refractivity contribution in [2.45, 2.75) is 6.42 Å². The average molecular weight is 235 g/mol. The van der Waals surface area contributed by atoms with E-state index in [0.717, 1.165) is 0 Å². The minimum Gasteiger partial charge on any atom is -0.495 e. The summed E-state index contributed by atoms with van der Waals surface area (Å²) >= 11 is 0. The molecule has 0 fully saturated rings. The van der Waals surface area contributed by atoms with Gasteiger partial charge < -0.3 is 15.6 Å². The number of carbonyl (C=O) groups excluding carboxylic acids is 1. The quantitative estimate of drug-likeness (QED) is 0.804. The second-order valence-electron chi connectivity index (χ2n) is 3.31. The predicted molar refractivity (Wildman–Crippen MR) is 62.8 cm³/mol. The van der Waals surface area contributed by atoms with Gasteiger partial charge in [-0.05, 0) is 6.07 Å². The molecule has 0 heterocycles. The molecule has 0 aliphatic heterocycles. The van der Waals surface area contributed by atoms with E-state index in [0.29, 0.717) is 5.56 Å². The minimum absolute atomic E-state index is 0.0775. The number of methoxy groups -OCH3 is 1. The number of nitrogens with two attached hydrogens (primary N) is 1. The summed E-state index contributed by atoms with van der Waals surface area (Å²) in [5.41, 5.74) is 5.66. The molecule has 3 N–H and O–H groups in total. The van der Waals surface area contributed by atoms with E-state index in [-0.39, 0.29) is 17.7 Å². The zero-order valence-electron chi connectivity index (χ0n) is 9.34. The van der Waals surface area contributed by atoms with E-state index in [2.05, 4.69) is 0 Å². The Morgan fingerprint density at radius 2 is 2.18 bits per heavy atom. The van der Waals surface area contributed by atoms with E-state index in [1.807, 2.05) is 0 Å². The number of rotatable bonds is 5. The highest BCUT2D eigenvalue weighted by Gasteiger charge is 2.12. The molecule has 0 aliphatic rings. The molecule has 0 unspecified atom stereocenters. The Kier molecular flexibility index (Phi) is 4.28. The topological polar surface area (TPSA) is 89.6 Å². The number of aromatic carboxylic acids is 1. The molecule has 5 heteroatoms. The van der Waals surface area contributed by atoms with Gasteiger partial charge in [0.15, 0.2) is 0 Å². The van der Waals surface area contributed by atoms with Gasteiger partial charge >= 0.3 is 5.97 Å². The molecule has 0 aliphatic carbocycles. The molecule has 0 atom stereocenters. The number of primary amides is 1. The molecule has 0 aromatic heterocycles. The van der Waals surface area contributed by atoms with E-state index in [1.54, 1.807) is 24.3 Å². The van der Waals surface area contributed by atoms with Gasteiger partial charge in [0.2, 0.25) is 5.91 Å². The third-order valence-electron chi connectivity index (χ3n) is 2.10. The largest absolute Gasteiger partial charge is 0.495 e. The van der Waals surface area contributed by atoms with Gasteiger partial charge in [-0.15, -0.1) is 0 Å². The lowest BCUT2D eigenvalue weighted by molar-refractivity contribution is -0.117. The number of ether oxygens (including phenoxy) is 1. The minimum atomic E-state index is -1.06. The van der Waals surface area contributed by atoms with Crippen LogP contribution >= 0.6 is 0 Å². The Labute approximate surface area is 98.5 Å². The summed E-state index contributed by atoms with van der Waals surface area (Å²) in [4.78, 5) is 21.5. The van der Waals surface area contributed by atoms with Gasteiger partial charge in [-0.2, -0.15) is 0 Å². The van der Waals surface area contributed by atoms with Gasteiger partial charge in [0, 0.05) is 12.0 Å². The van der Waals surface area contributed by atoms with Crippen molar-refractivity contribution in [3.63, 3.8) is 0 Å². The Balaban J connectivity index is 3.07. The van der Waals surface area contributed by atoms with Crippen LogP contribution in [0.5, 0.6) is 5.75 Å². The first kappa shape index (κ1) is 12.8. The van der Waals surface area contributed by atoms with Crippen LogP contribution in [0.1, 0.15) is 22.3 Å². The van der Waals surface area contributed by atoms with Crippen molar-refractivity contribution in [2.24, 2.45) is 5.73 Å². The third kappa shape index (κ3) is 3.34. The summed E-state index contributed by atoms with van der Waals surface area (Å²) in [6, 6.07) is 4.76. The molecule has 0 saturated carbocycles. The highest BCUT2D eigenvalue weighted by Crippen LogP contribution is 2.25. The highest BCUT2D eigenvalue weighted by molar-refractivity contribution is 5.92. The third-order valence-corrected chi connectivity index (χ3v) is 2.10. The fraction of sp³-hybridized carbons (Fsp3) is 0.167. The average Bonchev–Trinajstić information content (AvgIpc) is 2.28. The normalized spacial score (nSPS) is 10.4. The predicted octanol–water partition coefficient (Wildman–Crippen LogP) is 1.28. The van der Waals surface area contributed by atoms with Crippen LogP contribution in [0.4, 0.5) is 0 Å². The van der Waals surface area contributed by atoms with Crippen LogP contribution in [0.3, 0.4) is 0 Å². The van der Waals surface area contributed by atoms with Gasteiger partial charge in [0.05, 0.1) is 7.11 Å². The summed E-state index contributed by atoms with van der Waals surface area (Å²) in [6.45, 7) is 0. The zero-order valence-corrected chi connectivity index (χ0v) is 9.34. The van der Waals surface area contributed by atoms with Gasteiger partial charge in [-0.25, -0.2) is 4.79 Å². The van der Waals surface area contributed by atoms with E-state index < -0.39 is 11.9 Å². The summed E-state index contributed by atoms with van der Waals surface area (Å²) < 4.78 is 5.05. The van der Waals surface area contributed by atoms with Crippen LogP contribution in [0.2, 0.25) is 0 Å². The van der Waals surface area contributed by atoms with Crippen LogP contribution in [0.15, 0.2) is 24.3 Å². The molecule has 0 spiro atoms. The molecule has 0 bridgehead atoms. The van der Waals surface area contributed by atoms with Crippen LogP contribution in [0.25, 0.3) is 6.08 Å². The number of hydrogen-bond donors (Lipinski definition) is 2. The molecule has 0 saturated heterocycles. The molecule has 1 aromatic rings. The Morgan fingerprint density at radius 1 is 1.47 bits per heavy atom. The monoisotopic (exact) mass is 235 g/mol. The van der Waals surface area contributed by atoms with E-state index in [9.17, 15) is 9.59 Å². The number of hydrogen-bond acceptors (Lipinski definition) is 3. The fourth-order valence-corrected chi connectivity index (χ4v) is 1.38. The molecule has 5 nitrogen and oxygen atoms in total. The van der Waals surface area contributed by atoms with Crippen molar-refractivity contribution >= 4 is 18.0 Å². The number of carboxylic acids is 1. The standard InChI is InChI=1S/C12H13NO4/c1-17-11-8(5-3-7-10(13)14)4-2-6-9(11)12(15)16/h2-6H,7H2,1H3,(H2,13,14)(H,15,16). The maximum atomic E-state index is 10.9. The van der Waals surface area contributed by atoms with Crippen molar-refractivity contribution in [1.29, 1.82) is 0 Å². The number of benzene rings is 1. The molecule has 1 aromatic carbocycles. The van der Waals surface area contributed by atoms with Gasteiger partial charge in [0.25, 0.3) is 0 Å². The van der Waals surface area contributed by atoms with Crippen LogP contribution < -0.4 is 10.5 Å². The molecule has 0 radical (unpaired) electrons. The van der Waals surface area contributed by atoms with Crippen molar-refractivity contribution in [1.82, 2.24) is 0 Å². The lowest BCUT2D eigenvalue weighted by Gasteiger charge is -2.07. The maximum Gasteiger partial charge on any atom is 0.339 e. The van der Waals surface area contributed by atoms with Gasteiger partial charge in [-0.1, -0.05) is 24.3 Å². The molecule has 1 rings (SSSR count). The van der Waals surface area contributed by atoms with Crippen molar-refractivity contribution in [3.8, 4) is 5.75 Å². The number of amides is 1. The lowest BCUT2D eigenvalue weighted by Crippen LogP contribution is -2.08. The summed E-state index contributed by atoms with van der Waals surface area (Å²) in [7, 11) is 1.40. The number of para-hydroxylation sites is 1. The zero-order chi connectivity index (χ0) is 12.8. The SMILES string of the molecule is COc1c(C=CCC(N)=O)cccc1C(=O)O. The lowest BCUT2D eigenvalue weighted by atomic mass is 10.1. The molecule has 90 valence electrons. The Hall–Kier alpha value is -2.30. The maximum absolute atomic E-state index is 10.9. The van der Waals surface area contributed by atoms with E-state index in [4.69, 9.17) is 15.6 Å². The second kappa shape index (κ2) is 5.69. The fourth-order valence-electron chi connectivity index (χ4n) is 1.38. The number of carbonyl (C=O) groups is 2. The summed E-state index contributed by atoms with van der Waals surface area (Å²) in [6.07, 6.45) is 3.27. The second-order valence-corrected chi connectivity index (χ2v) is 3.31. The van der Waals surface area contributed by atoms with Crippen LogP contribution in [0, 0.1) is 0 Å². The van der Waals surface area contributed by atoms with E-state index >= 15 is 0 Å². The Bertz CT molecular complexity index is 466. The number of carboxylic acid groups (broad SMARTS) is 1. The van der Waals surface area contributed by atoms with Crippen molar-refractivity contribution < 1.29 is 19.4 Å². The first-order valence-corrected chi connectivity index (χ1v) is 4.91. The summed E-state index contributed by atoms with van der Waals surface area (Å²) in [5, 5.41) is 8.96.